The average Bonchev–Trinajstić information content (AvgIpc) is 2.53. The van der Waals surface area contributed by atoms with Crippen molar-refractivity contribution < 1.29 is 23.0 Å². The van der Waals surface area contributed by atoms with Crippen molar-refractivity contribution in [2.24, 2.45) is 5.92 Å². The second kappa shape index (κ2) is 8.82. The van der Waals surface area contributed by atoms with Gasteiger partial charge in [0.05, 0.1) is 6.10 Å². The molecule has 0 bridgehead atoms. The van der Waals surface area contributed by atoms with Crippen LogP contribution in [0.4, 0.5) is 13.6 Å². The molecule has 1 fully saturated rings. The van der Waals surface area contributed by atoms with E-state index in [4.69, 9.17) is 4.74 Å². The summed E-state index contributed by atoms with van der Waals surface area (Å²) in [6.07, 6.45) is 2.06. The number of rotatable bonds is 6. The molecule has 1 saturated heterocycles. The predicted molar refractivity (Wildman–Crippen MR) is 86.2 cm³/mol. The summed E-state index contributed by atoms with van der Waals surface area (Å²) < 4.78 is 34.8. The monoisotopic (exact) mass is 342 g/mol. The molecule has 0 saturated carbocycles. The van der Waals surface area contributed by atoms with Crippen molar-refractivity contribution in [3.05, 3.63) is 29.3 Å². The zero-order chi connectivity index (χ0) is 17.5. The van der Waals surface area contributed by atoms with Crippen LogP contribution in [0.5, 0.6) is 5.75 Å². The molecule has 0 aliphatic carbocycles. The highest BCUT2D eigenvalue weighted by molar-refractivity contribution is 5.73. The van der Waals surface area contributed by atoms with Crippen molar-refractivity contribution in [1.82, 2.24) is 10.6 Å². The van der Waals surface area contributed by atoms with Crippen LogP contribution in [0.2, 0.25) is 0 Å². The number of hydrogen-bond acceptors (Lipinski definition) is 3. The Morgan fingerprint density at radius 3 is 2.92 bits per heavy atom. The highest BCUT2D eigenvalue weighted by Gasteiger charge is 2.19. The first-order valence-electron chi connectivity index (χ1n) is 8.11. The van der Waals surface area contributed by atoms with E-state index in [9.17, 15) is 13.6 Å². The lowest BCUT2D eigenvalue weighted by Gasteiger charge is -2.27. The molecule has 2 atom stereocenters. The van der Waals surface area contributed by atoms with E-state index >= 15 is 0 Å². The van der Waals surface area contributed by atoms with Gasteiger partial charge in [0.2, 0.25) is 0 Å². The number of amides is 2. The molecule has 0 unspecified atom stereocenters. The van der Waals surface area contributed by atoms with Gasteiger partial charge < -0.3 is 20.1 Å². The lowest BCUT2D eigenvalue weighted by Crippen LogP contribution is -2.40. The van der Waals surface area contributed by atoms with E-state index in [1.807, 2.05) is 13.8 Å². The normalized spacial score (nSPS) is 20.7. The van der Waals surface area contributed by atoms with Crippen LogP contribution in [-0.2, 0) is 11.3 Å². The first kappa shape index (κ1) is 18.4. The Labute approximate surface area is 140 Å². The Morgan fingerprint density at radius 1 is 1.42 bits per heavy atom. The standard InChI is InChI=1S/C17H24F2N2O3/c1-11-3-4-15(24-16(18)19)14(7-11)10-21-17(22)20-9-13-5-6-23-12(2)8-13/h3-4,7,12-13,16H,5-6,8-10H2,1-2H3,(H2,20,21,22)/t12-,13+/m1/s1. The maximum absolute atomic E-state index is 12.4. The van der Waals surface area contributed by atoms with Crippen molar-refractivity contribution in [3.8, 4) is 5.75 Å². The summed E-state index contributed by atoms with van der Waals surface area (Å²) in [7, 11) is 0. The molecule has 134 valence electrons. The van der Waals surface area contributed by atoms with Crippen molar-refractivity contribution >= 4 is 6.03 Å². The number of carbonyl (C=O) groups excluding carboxylic acids is 1. The minimum Gasteiger partial charge on any atom is -0.434 e. The molecular weight excluding hydrogens is 318 g/mol. The summed E-state index contributed by atoms with van der Waals surface area (Å²) in [5.74, 6) is 0.477. The SMILES string of the molecule is Cc1ccc(OC(F)F)c(CNC(=O)NC[C@H]2CCO[C@H](C)C2)c1. The average molecular weight is 342 g/mol. The zero-order valence-corrected chi connectivity index (χ0v) is 14.0. The molecule has 0 spiro atoms. The summed E-state index contributed by atoms with van der Waals surface area (Å²) in [6.45, 7) is 2.40. The van der Waals surface area contributed by atoms with Gasteiger partial charge in [-0.3, -0.25) is 0 Å². The van der Waals surface area contributed by atoms with E-state index in [-0.39, 0.29) is 24.4 Å². The molecule has 1 aliphatic heterocycles. The maximum atomic E-state index is 12.4. The van der Waals surface area contributed by atoms with Crippen LogP contribution in [0.1, 0.15) is 30.9 Å². The molecule has 1 aromatic carbocycles. The predicted octanol–water partition coefficient (Wildman–Crippen LogP) is 3.21. The third-order valence-electron chi connectivity index (χ3n) is 4.02. The van der Waals surface area contributed by atoms with Crippen LogP contribution in [-0.4, -0.2) is 31.9 Å². The fourth-order valence-electron chi connectivity index (χ4n) is 2.81. The Bertz CT molecular complexity index is 555. The fourth-order valence-corrected chi connectivity index (χ4v) is 2.81. The van der Waals surface area contributed by atoms with Gasteiger partial charge in [-0.05, 0) is 38.7 Å². The van der Waals surface area contributed by atoms with Gasteiger partial charge in [-0.1, -0.05) is 17.7 Å². The summed E-state index contributed by atoms with van der Waals surface area (Å²) in [5.41, 5.74) is 1.43. The lowest BCUT2D eigenvalue weighted by molar-refractivity contribution is -0.0504. The number of aryl methyl sites for hydroxylation is 1. The molecule has 1 aromatic rings. The Hall–Kier alpha value is -1.89. The fraction of sp³-hybridized carbons (Fsp3) is 0.588. The van der Waals surface area contributed by atoms with Crippen LogP contribution >= 0.6 is 0 Å². The van der Waals surface area contributed by atoms with Crippen LogP contribution in [0, 0.1) is 12.8 Å². The second-order valence-corrected chi connectivity index (χ2v) is 6.13. The van der Waals surface area contributed by atoms with Crippen molar-refractivity contribution in [1.29, 1.82) is 0 Å². The molecule has 7 heteroatoms. The second-order valence-electron chi connectivity index (χ2n) is 6.13. The number of nitrogens with one attached hydrogen (secondary N) is 2. The molecule has 2 rings (SSSR count). The molecular formula is C17H24F2N2O3. The van der Waals surface area contributed by atoms with Gasteiger partial charge in [-0.15, -0.1) is 0 Å². The van der Waals surface area contributed by atoms with Crippen molar-refractivity contribution in [2.75, 3.05) is 13.2 Å². The summed E-state index contributed by atoms with van der Waals surface area (Å²) >= 11 is 0. The quantitative estimate of drug-likeness (QED) is 0.835. The first-order chi connectivity index (χ1) is 11.4. The Kier molecular flexibility index (Phi) is 6.78. The molecule has 5 nitrogen and oxygen atoms in total. The Morgan fingerprint density at radius 2 is 2.21 bits per heavy atom. The zero-order valence-electron chi connectivity index (χ0n) is 14.0. The topological polar surface area (TPSA) is 59.6 Å². The van der Waals surface area contributed by atoms with Gasteiger partial charge in [-0.25, -0.2) is 4.79 Å². The van der Waals surface area contributed by atoms with Gasteiger partial charge in [0.1, 0.15) is 5.75 Å². The highest BCUT2D eigenvalue weighted by atomic mass is 19.3. The van der Waals surface area contributed by atoms with Gasteiger partial charge in [0.25, 0.3) is 0 Å². The summed E-state index contributed by atoms with van der Waals surface area (Å²) in [5, 5.41) is 5.51. The number of halogens is 2. The minimum absolute atomic E-state index is 0.0779. The molecule has 0 radical (unpaired) electrons. The number of urea groups is 1. The minimum atomic E-state index is -2.89. The molecule has 1 heterocycles. The van der Waals surface area contributed by atoms with E-state index in [0.29, 0.717) is 24.6 Å². The largest absolute Gasteiger partial charge is 0.434 e. The van der Waals surface area contributed by atoms with Gasteiger partial charge >= 0.3 is 12.6 Å². The van der Waals surface area contributed by atoms with Gasteiger partial charge in [-0.2, -0.15) is 8.78 Å². The molecule has 2 amide bonds. The number of alkyl halides is 2. The van der Waals surface area contributed by atoms with Crippen molar-refractivity contribution in [2.45, 2.75) is 45.9 Å². The first-order valence-corrected chi connectivity index (χ1v) is 8.11. The molecule has 2 N–H and O–H groups in total. The van der Waals surface area contributed by atoms with E-state index < -0.39 is 6.61 Å². The summed E-state index contributed by atoms with van der Waals surface area (Å²) in [6, 6.07) is 4.57. The summed E-state index contributed by atoms with van der Waals surface area (Å²) in [4.78, 5) is 11.9. The van der Waals surface area contributed by atoms with Crippen LogP contribution in [0.15, 0.2) is 18.2 Å². The number of hydrogen-bond donors (Lipinski definition) is 2. The molecule has 0 aromatic heterocycles. The third kappa shape index (κ3) is 5.96. The van der Waals surface area contributed by atoms with E-state index in [1.165, 1.54) is 6.07 Å². The highest BCUT2D eigenvalue weighted by Crippen LogP contribution is 2.22. The van der Waals surface area contributed by atoms with Crippen LogP contribution in [0.3, 0.4) is 0 Å². The van der Waals surface area contributed by atoms with E-state index in [1.54, 1.807) is 12.1 Å². The third-order valence-corrected chi connectivity index (χ3v) is 4.02. The van der Waals surface area contributed by atoms with Gasteiger partial charge in [0, 0.05) is 25.3 Å². The smallest absolute Gasteiger partial charge is 0.387 e. The maximum Gasteiger partial charge on any atom is 0.387 e. The van der Waals surface area contributed by atoms with Crippen LogP contribution in [0.25, 0.3) is 0 Å². The number of ether oxygens (including phenoxy) is 2. The van der Waals surface area contributed by atoms with Crippen molar-refractivity contribution in [3.63, 3.8) is 0 Å². The lowest BCUT2D eigenvalue weighted by atomic mass is 9.96. The molecule has 1 aliphatic rings. The van der Waals surface area contributed by atoms with Gasteiger partial charge in [0.15, 0.2) is 0 Å². The number of carbonyl (C=O) groups is 1. The number of benzene rings is 1. The molecule has 24 heavy (non-hydrogen) atoms. The van der Waals surface area contributed by atoms with E-state index in [2.05, 4.69) is 15.4 Å². The van der Waals surface area contributed by atoms with Crippen LogP contribution < -0.4 is 15.4 Å². The Balaban J connectivity index is 1.81. The van der Waals surface area contributed by atoms with E-state index in [0.717, 1.165) is 18.4 Å².